The molecule has 166 valence electrons. The average Bonchev–Trinajstić information content (AvgIpc) is 2.74. The number of hydrogen-bond acceptors (Lipinski definition) is 2. The Morgan fingerprint density at radius 1 is 0.500 bits per heavy atom. The molecule has 0 aliphatic heterocycles. The van der Waals surface area contributed by atoms with Crippen molar-refractivity contribution in [3.05, 3.63) is 0 Å². The van der Waals surface area contributed by atoms with Crippen LogP contribution in [-0.2, 0) is 0 Å². The quantitative estimate of drug-likeness (QED) is 0.287. The first-order valence-corrected chi connectivity index (χ1v) is 13.3. The molecule has 0 amide bonds. The number of unbranched alkanes of at least 4 members (excludes halogenated alkanes) is 5. The minimum atomic E-state index is 0.826. The van der Waals surface area contributed by atoms with Crippen molar-refractivity contribution in [2.45, 2.75) is 142 Å². The van der Waals surface area contributed by atoms with Gasteiger partial charge in [-0.1, -0.05) is 65.2 Å². The Morgan fingerprint density at radius 3 is 1.25 bits per heavy atom. The summed E-state index contributed by atoms with van der Waals surface area (Å²) in [5, 5.41) is 7.69. The van der Waals surface area contributed by atoms with E-state index in [1.54, 1.807) is 0 Å². The average molecular weight is 393 g/mol. The van der Waals surface area contributed by atoms with Crippen LogP contribution in [0, 0.1) is 11.8 Å². The summed E-state index contributed by atoms with van der Waals surface area (Å²) in [6, 6.07) is 1.65. The van der Waals surface area contributed by atoms with Crippen LogP contribution in [0.4, 0.5) is 0 Å². The third-order valence-corrected chi connectivity index (χ3v) is 7.59. The fourth-order valence-corrected chi connectivity index (χ4v) is 5.51. The van der Waals surface area contributed by atoms with E-state index in [0.29, 0.717) is 0 Å². The van der Waals surface area contributed by atoms with Crippen LogP contribution in [0.5, 0.6) is 0 Å². The predicted molar refractivity (Wildman–Crippen MR) is 125 cm³/mol. The highest BCUT2D eigenvalue weighted by molar-refractivity contribution is 4.78. The van der Waals surface area contributed by atoms with Gasteiger partial charge in [-0.3, -0.25) is 0 Å². The van der Waals surface area contributed by atoms with Gasteiger partial charge in [-0.15, -0.1) is 0 Å². The van der Waals surface area contributed by atoms with Crippen LogP contribution >= 0.6 is 0 Å². The van der Waals surface area contributed by atoms with Crippen molar-refractivity contribution in [1.82, 2.24) is 10.6 Å². The van der Waals surface area contributed by atoms with Crippen LogP contribution < -0.4 is 10.6 Å². The van der Waals surface area contributed by atoms with Crippen molar-refractivity contribution in [3.63, 3.8) is 0 Å². The number of rotatable bonds is 15. The molecule has 0 atom stereocenters. The lowest BCUT2D eigenvalue weighted by Gasteiger charge is -2.29. The zero-order valence-electron chi connectivity index (χ0n) is 19.5. The van der Waals surface area contributed by atoms with Gasteiger partial charge in [-0.05, 0) is 89.1 Å². The molecule has 2 nitrogen and oxygen atoms in total. The zero-order chi connectivity index (χ0) is 19.9. The maximum absolute atomic E-state index is 3.84. The summed E-state index contributed by atoms with van der Waals surface area (Å²) in [6.45, 7) is 7.14. The van der Waals surface area contributed by atoms with Gasteiger partial charge in [0.25, 0.3) is 0 Å². The highest BCUT2D eigenvalue weighted by atomic mass is 14.9. The van der Waals surface area contributed by atoms with Crippen LogP contribution in [0.15, 0.2) is 0 Å². The lowest BCUT2D eigenvalue weighted by Crippen LogP contribution is -2.34. The van der Waals surface area contributed by atoms with E-state index in [1.807, 2.05) is 0 Å². The summed E-state index contributed by atoms with van der Waals surface area (Å²) in [5.74, 6) is 2.08. The maximum Gasteiger partial charge on any atom is 0.00672 e. The summed E-state index contributed by atoms with van der Waals surface area (Å²) in [4.78, 5) is 0. The molecule has 0 aromatic carbocycles. The highest BCUT2D eigenvalue weighted by Crippen LogP contribution is 2.29. The van der Waals surface area contributed by atoms with Crippen molar-refractivity contribution < 1.29 is 0 Å². The third kappa shape index (κ3) is 10.6. The lowest BCUT2D eigenvalue weighted by molar-refractivity contribution is 0.273. The molecular formula is C26H52N2. The molecule has 2 fully saturated rings. The van der Waals surface area contributed by atoms with Crippen LogP contribution in [-0.4, -0.2) is 25.2 Å². The first-order chi connectivity index (χ1) is 13.8. The minimum Gasteiger partial charge on any atom is -0.314 e. The van der Waals surface area contributed by atoms with Crippen LogP contribution in [0.2, 0.25) is 0 Å². The van der Waals surface area contributed by atoms with E-state index in [0.717, 1.165) is 23.9 Å². The smallest absolute Gasteiger partial charge is 0.00672 e. The summed E-state index contributed by atoms with van der Waals surface area (Å²) in [6.07, 6.45) is 25.8. The van der Waals surface area contributed by atoms with Gasteiger partial charge < -0.3 is 10.6 Å². The molecule has 0 spiro atoms. The molecule has 0 unspecified atom stereocenters. The van der Waals surface area contributed by atoms with E-state index < -0.39 is 0 Å². The maximum atomic E-state index is 3.84. The van der Waals surface area contributed by atoms with Crippen LogP contribution in [0.3, 0.4) is 0 Å². The second kappa shape index (κ2) is 15.7. The molecule has 2 heteroatoms. The third-order valence-electron chi connectivity index (χ3n) is 7.59. The molecule has 0 heterocycles. The van der Waals surface area contributed by atoms with Gasteiger partial charge >= 0.3 is 0 Å². The van der Waals surface area contributed by atoms with Crippen molar-refractivity contribution in [1.29, 1.82) is 0 Å². The summed E-state index contributed by atoms with van der Waals surface area (Å²) < 4.78 is 0. The Bertz CT molecular complexity index is 306. The van der Waals surface area contributed by atoms with E-state index in [9.17, 15) is 0 Å². The Labute approximate surface area is 177 Å². The Hall–Kier alpha value is -0.0800. The Balaban J connectivity index is 1.34. The van der Waals surface area contributed by atoms with Crippen molar-refractivity contribution >= 4 is 0 Å². The first-order valence-electron chi connectivity index (χ1n) is 13.3. The molecule has 0 aromatic heterocycles. The summed E-state index contributed by atoms with van der Waals surface area (Å²) in [5.41, 5.74) is 0. The fourth-order valence-electron chi connectivity index (χ4n) is 5.51. The van der Waals surface area contributed by atoms with Gasteiger partial charge in [0, 0.05) is 12.1 Å². The topological polar surface area (TPSA) is 24.1 Å². The standard InChI is InChI=1S/C26H52N2/c1-3-5-11-23-13-17-25(18-14-23)27-21-9-7-8-10-22-28-26-19-15-24(16-20-26)12-6-4-2/h23-28H,3-22H2,1-2H3. The summed E-state index contributed by atoms with van der Waals surface area (Å²) in [7, 11) is 0. The Morgan fingerprint density at radius 2 is 0.893 bits per heavy atom. The van der Waals surface area contributed by atoms with Crippen LogP contribution in [0.25, 0.3) is 0 Å². The highest BCUT2D eigenvalue weighted by Gasteiger charge is 2.21. The van der Waals surface area contributed by atoms with Gasteiger partial charge in [-0.25, -0.2) is 0 Å². The fraction of sp³-hybridized carbons (Fsp3) is 1.00. The largest absolute Gasteiger partial charge is 0.314 e. The van der Waals surface area contributed by atoms with Crippen molar-refractivity contribution in [2.24, 2.45) is 11.8 Å². The molecule has 0 saturated heterocycles. The minimum absolute atomic E-state index is 0.826. The van der Waals surface area contributed by atoms with E-state index in [1.165, 1.54) is 129 Å². The molecule has 2 saturated carbocycles. The second-order valence-corrected chi connectivity index (χ2v) is 10.0. The van der Waals surface area contributed by atoms with E-state index in [4.69, 9.17) is 0 Å². The molecule has 2 aliphatic rings. The van der Waals surface area contributed by atoms with Crippen molar-refractivity contribution in [2.75, 3.05) is 13.1 Å². The number of hydrogen-bond donors (Lipinski definition) is 2. The van der Waals surface area contributed by atoms with Gasteiger partial charge in [0.2, 0.25) is 0 Å². The second-order valence-electron chi connectivity index (χ2n) is 10.0. The zero-order valence-corrected chi connectivity index (χ0v) is 19.5. The number of nitrogens with one attached hydrogen (secondary N) is 2. The van der Waals surface area contributed by atoms with E-state index >= 15 is 0 Å². The molecule has 2 aliphatic carbocycles. The molecule has 28 heavy (non-hydrogen) atoms. The van der Waals surface area contributed by atoms with Gasteiger partial charge in [-0.2, -0.15) is 0 Å². The predicted octanol–water partition coefficient (Wildman–Crippen LogP) is 7.22. The normalized spacial score (nSPS) is 28.5. The van der Waals surface area contributed by atoms with E-state index in [-0.39, 0.29) is 0 Å². The monoisotopic (exact) mass is 392 g/mol. The van der Waals surface area contributed by atoms with Crippen LogP contribution in [0.1, 0.15) is 129 Å². The molecule has 2 N–H and O–H groups in total. The lowest BCUT2D eigenvalue weighted by atomic mass is 9.83. The Kier molecular flexibility index (Phi) is 13.6. The van der Waals surface area contributed by atoms with E-state index in [2.05, 4.69) is 24.5 Å². The molecular weight excluding hydrogens is 340 g/mol. The van der Waals surface area contributed by atoms with Gasteiger partial charge in [0.1, 0.15) is 0 Å². The molecule has 0 radical (unpaired) electrons. The molecule has 0 bridgehead atoms. The summed E-state index contributed by atoms with van der Waals surface area (Å²) >= 11 is 0. The molecule has 0 aromatic rings. The molecule has 2 rings (SSSR count). The van der Waals surface area contributed by atoms with Gasteiger partial charge in [0.05, 0.1) is 0 Å². The first kappa shape index (κ1) is 24.2. The SMILES string of the molecule is CCCCC1CCC(NCCCCCCNC2CCC(CCCC)CC2)CC1. The van der Waals surface area contributed by atoms with Crippen molar-refractivity contribution in [3.8, 4) is 0 Å². The van der Waals surface area contributed by atoms with Gasteiger partial charge in [0.15, 0.2) is 0 Å².